The van der Waals surface area contributed by atoms with E-state index in [0.29, 0.717) is 6.04 Å². The van der Waals surface area contributed by atoms with Crippen LogP contribution in [0.25, 0.3) is 0 Å². The fraction of sp³-hybridized carbons (Fsp3) is 0.368. The minimum Gasteiger partial charge on any atom is -0.313 e. The van der Waals surface area contributed by atoms with Crippen molar-refractivity contribution in [1.82, 2.24) is 5.32 Å². The van der Waals surface area contributed by atoms with Crippen molar-refractivity contribution in [3.63, 3.8) is 0 Å². The van der Waals surface area contributed by atoms with Gasteiger partial charge in [-0.05, 0) is 62.9 Å². The Hall–Kier alpha value is -1.60. The van der Waals surface area contributed by atoms with E-state index in [0.717, 1.165) is 12.8 Å². The predicted octanol–water partition coefficient (Wildman–Crippen LogP) is 4.51. The second kappa shape index (κ2) is 6.71. The molecule has 0 aliphatic carbocycles. The number of nitrogens with one attached hydrogen (secondary N) is 1. The van der Waals surface area contributed by atoms with Crippen LogP contribution in [0.2, 0.25) is 0 Å². The Balaban J connectivity index is 2.12. The van der Waals surface area contributed by atoms with E-state index in [4.69, 9.17) is 0 Å². The van der Waals surface area contributed by atoms with Crippen molar-refractivity contribution in [3.8, 4) is 0 Å². The Kier molecular flexibility index (Phi) is 4.97. The number of hydrogen-bond donors (Lipinski definition) is 1. The van der Waals surface area contributed by atoms with Gasteiger partial charge in [0.2, 0.25) is 0 Å². The van der Waals surface area contributed by atoms with E-state index in [2.05, 4.69) is 68.6 Å². The quantitative estimate of drug-likeness (QED) is 0.840. The summed E-state index contributed by atoms with van der Waals surface area (Å²) in [7, 11) is 2.05. The maximum Gasteiger partial charge on any atom is 0.0320 e. The minimum absolute atomic E-state index is 0.427. The van der Waals surface area contributed by atoms with Crippen molar-refractivity contribution in [2.24, 2.45) is 0 Å². The molecule has 2 rings (SSSR count). The molecule has 0 aromatic heterocycles. The summed E-state index contributed by atoms with van der Waals surface area (Å²) in [5, 5.41) is 3.44. The fourth-order valence-electron chi connectivity index (χ4n) is 3.06. The lowest BCUT2D eigenvalue weighted by atomic mass is 9.93. The Morgan fingerprint density at radius 1 is 0.950 bits per heavy atom. The highest BCUT2D eigenvalue weighted by molar-refractivity contribution is 5.37. The summed E-state index contributed by atoms with van der Waals surface area (Å²) in [5.74, 6) is 0. The second-order valence-electron chi connectivity index (χ2n) is 5.67. The van der Waals surface area contributed by atoms with Crippen LogP contribution in [-0.2, 0) is 6.42 Å². The smallest absolute Gasteiger partial charge is 0.0320 e. The average Bonchev–Trinajstić information content (AvgIpc) is 2.43. The summed E-state index contributed by atoms with van der Waals surface area (Å²) < 4.78 is 0. The average molecular weight is 267 g/mol. The second-order valence-corrected chi connectivity index (χ2v) is 5.67. The number of hydrogen-bond acceptors (Lipinski definition) is 1. The van der Waals surface area contributed by atoms with E-state index in [1.807, 2.05) is 7.05 Å². The van der Waals surface area contributed by atoms with Gasteiger partial charge in [-0.25, -0.2) is 0 Å². The molecule has 0 spiro atoms. The molecule has 0 aliphatic heterocycles. The summed E-state index contributed by atoms with van der Waals surface area (Å²) >= 11 is 0. The SMILES string of the molecule is CNC(CCc1c(C)cc(C)cc1C)c1ccccc1. The largest absolute Gasteiger partial charge is 0.313 e. The van der Waals surface area contributed by atoms with Gasteiger partial charge in [0.25, 0.3) is 0 Å². The third-order valence-electron chi connectivity index (χ3n) is 4.07. The molecule has 2 aromatic carbocycles. The zero-order valence-electron chi connectivity index (χ0n) is 13.0. The first-order valence-electron chi connectivity index (χ1n) is 7.40. The van der Waals surface area contributed by atoms with Crippen LogP contribution >= 0.6 is 0 Å². The third kappa shape index (κ3) is 3.49. The van der Waals surface area contributed by atoms with Crippen LogP contribution < -0.4 is 5.32 Å². The highest BCUT2D eigenvalue weighted by Gasteiger charge is 2.11. The highest BCUT2D eigenvalue weighted by atomic mass is 14.9. The van der Waals surface area contributed by atoms with Gasteiger partial charge < -0.3 is 5.32 Å². The summed E-state index contributed by atoms with van der Waals surface area (Å²) in [4.78, 5) is 0. The molecule has 106 valence electrons. The molecule has 0 amide bonds. The van der Waals surface area contributed by atoms with E-state index in [1.165, 1.54) is 27.8 Å². The monoisotopic (exact) mass is 267 g/mol. The van der Waals surface area contributed by atoms with Crippen LogP contribution in [0.15, 0.2) is 42.5 Å². The molecule has 20 heavy (non-hydrogen) atoms. The summed E-state index contributed by atoms with van der Waals surface area (Å²) in [6.45, 7) is 6.63. The van der Waals surface area contributed by atoms with E-state index in [-0.39, 0.29) is 0 Å². The van der Waals surface area contributed by atoms with Crippen LogP contribution in [-0.4, -0.2) is 7.05 Å². The van der Waals surface area contributed by atoms with Gasteiger partial charge in [0, 0.05) is 6.04 Å². The standard InChI is InChI=1S/C19H25N/c1-14-12-15(2)18(16(3)13-14)10-11-19(20-4)17-8-6-5-7-9-17/h5-9,12-13,19-20H,10-11H2,1-4H3. The van der Waals surface area contributed by atoms with Gasteiger partial charge in [0.1, 0.15) is 0 Å². The molecule has 0 heterocycles. The van der Waals surface area contributed by atoms with Crippen LogP contribution in [0.4, 0.5) is 0 Å². The van der Waals surface area contributed by atoms with Gasteiger partial charge in [0.15, 0.2) is 0 Å². The molecule has 0 aliphatic rings. The van der Waals surface area contributed by atoms with Crippen molar-refractivity contribution < 1.29 is 0 Å². The molecule has 0 saturated carbocycles. The molecule has 1 atom stereocenters. The molecular weight excluding hydrogens is 242 g/mol. The molecular formula is C19H25N. The molecule has 0 bridgehead atoms. The molecule has 2 aromatic rings. The fourth-order valence-corrected chi connectivity index (χ4v) is 3.06. The summed E-state index contributed by atoms with van der Waals surface area (Å²) in [5.41, 5.74) is 7.08. The highest BCUT2D eigenvalue weighted by Crippen LogP contribution is 2.23. The van der Waals surface area contributed by atoms with E-state index < -0.39 is 0 Å². The van der Waals surface area contributed by atoms with Crippen LogP contribution in [0.1, 0.15) is 40.3 Å². The van der Waals surface area contributed by atoms with Crippen molar-refractivity contribution in [3.05, 3.63) is 70.3 Å². The van der Waals surface area contributed by atoms with Crippen LogP contribution in [0, 0.1) is 20.8 Å². The zero-order valence-corrected chi connectivity index (χ0v) is 13.0. The first-order chi connectivity index (χ1) is 9.61. The van der Waals surface area contributed by atoms with Gasteiger partial charge in [-0.1, -0.05) is 48.0 Å². The first kappa shape index (κ1) is 14.8. The Labute approximate surface area is 123 Å². The van der Waals surface area contributed by atoms with E-state index in [1.54, 1.807) is 0 Å². The van der Waals surface area contributed by atoms with Crippen LogP contribution in [0.3, 0.4) is 0 Å². The molecule has 1 N–H and O–H groups in total. The summed E-state index contributed by atoms with van der Waals surface area (Å²) in [6, 6.07) is 15.7. The lowest BCUT2D eigenvalue weighted by molar-refractivity contribution is 0.548. The zero-order chi connectivity index (χ0) is 14.5. The third-order valence-corrected chi connectivity index (χ3v) is 4.07. The normalized spacial score (nSPS) is 12.4. The van der Waals surface area contributed by atoms with Gasteiger partial charge in [-0.2, -0.15) is 0 Å². The molecule has 0 saturated heterocycles. The molecule has 0 radical (unpaired) electrons. The molecule has 0 fully saturated rings. The number of aryl methyl sites for hydroxylation is 3. The first-order valence-corrected chi connectivity index (χ1v) is 7.40. The van der Waals surface area contributed by atoms with E-state index >= 15 is 0 Å². The number of rotatable bonds is 5. The Bertz CT molecular complexity index is 534. The van der Waals surface area contributed by atoms with Gasteiger partial charge >= 0.3 is 0 Å². The van der Waals surface area contributed by atoms with Crippen molar-refractivity contribution in [2.45, 2.75) is 39.7 Å². The van der Waals surface area contributed by atoms with E-state index in [9.17, 15) is 0 Å². The van der Waals surface area contributed by atoms with Gasteiger partial charge in [-0.3, -0.25) is 0 Å². The van der Waals surface area contributed by atoms with Crippen molar-refractivity contribution >= 4 is 0 Å². The van der Waals surface area contributed by atoms with Gasteiger partial charge in [0.05, 0.1) is 0 Å². The number of benzene rings is 2. The maximum absolute atomic E-state index is 3.44. The molecule has 1 heteroatoms. The topological polar surface area (TPSA) is 12.0 Å². The van der Waals surface area contributed by atoms with Crippen molar-refractivity contribution in [2.75, 3.05) is 7.05 Å². The maximum atomic E-state index is 3.44. The molecule has 1 nitrogen and oxygen atoms in total. The Morgan fingerprint density at radius 3 is 2.10 bits per heavy atom. The van der Waals surface area contributed by atoms with Crippen molar-refractivity contribution in [1.29, 1.82) is 0 Å². The minimum atomic E-state index is 0.427. The van der Waals surface area contributed by atoms with Crippen LogP contribution in [0.5, 0.6) is 0 Å². The molecule has 1 unspecified atom stereocenters. The lowest BCUT2D eigenvalue weighted by Gasteiger charge is -2.18. The van der Waals surface area contributed by atoms with Gasteiger partial charge in [-0.15, -0.1) is 0 Å². The summed E-state index contributed by atoms with van der Waals surface area (Å²) in [6.07, 6.45) is 2.25. The Morgan fingerprint density at radius 2 is 1.55 bits per heavy atom. The lowest BCUT2D eigenvalue weighted by Crippen LogP contribution is -2.17. The predicted molar refractivity (Wildman–Crippen MR) is 87.2 cm³/mol.